The molecule has 3 rings (SSSR count). The van der Waals surface area contributed by atoms with Crippen molar-refractivity contribution in [1.82, 2.24) is 20.9 Å². The van der Waals surface area contributed by atoms with Crippen molar-refractivity contribution in [2.75, 3.05) is 32.7 Å². The Morgan fingerprint density at radius 2 is 1.75 bits per heavy atom. The minimum absolute atomic E-state index is 0.0362. The molecule has 1 saturated heterocycles. The van der Waals surface area contributed by atoms with Crippen molar-refractivity contribution in [2.24, 2.45) is 28.7 Å². The summed E-state index contributed by atoms with van der Waals surface area (Å²) >= 11 is 0. The normalized spacial score (nSPS) is 29.0. The molecule has 0 radical (unpaired) electrons. The number of nitrogens with zero attached hydrogens (tertiary/aromatic N) is 2. The summed E-state index contributed by atoms with van der Waals surface area (Å²) in [7, 11) is 0. The first-order chi connectivity index (χ1) is 13.3. The van der Waals surface area contributed by atoms with E-state index in [4.69, 9.17) is 0 Å². The topological polar surface area (TPSA) is 85.8 Å². The van der Waals surface area contributed by atoms with Crippen molar-refractivity contribution in [1.29, 1.82) is 0 Å². The molecule has 7 heteroatoms. The molecule has 156 valence electrons. The van der Waals surface area contributed by atoms with E-state index in [2.05, 4.69) is 53.9 Å². The molecule has 1 heterocycles. The Morgan fingerprint density at radius 3 is 2.32 bits per heavy atom. The first kappa shape index (κ1) is 20.8. The third kappa shape index (κ3) is 4.57. The van der Waals surface area contributed by atoms with E-state index in [1.54, 1.807) is 0 Å². The van der Waals surface area contributed by atoms with Crippen LogP contribution in [0.1, 0.15) is 40.5 Å². The Labute approximate surface area is 168 Å². The number of hydrogen-bond donors (Lipinski definition) is 3. The minimum Gasteiger partial charge on any atom is -0.357 e. The highest BCUT2D eigenvalue weighted by Gasteiger charge is 2.58. The van der Waals surface area contributed by atoms with Gasteiger partial charge in [0.1, 0.15) is 0 Å². The van der Waals surface area contributed by atoms with E-state index in [1.807, 2.05) is 6.92 Å². The van der Waals surface area contributed by atoms with Crippen molar-refractivity contribution in [3.8, 4) is 0 Å². The second-order valence-electron chi connectivity index (χ2n) is 9.05. The maximum atomic E-state index is 12.7. The maximum Gasteiger partial charge on any atom is 0.233 e. The van der Waals surface area contributed by atoms with Gasteiger partial charge in [-0.3, -0.25) is 19.5 Å². The summed E-state index contributed by atoms with van der Waals surface area (Å²) in [4.78, 5) is 31.4. The van der Waals surface area contributed by atoms with Crippen molar-refractivity contribution in [3.63, 3.8) is 0 Å². The quantitative estimate of drug-likeness (QED) is 0.190. The number of guanidine groups is 1. The molecule has 28 heavy (non-hydrogen) atoms. The number of hydrogen-bond acceptors (Lipinski definition) is 4. The first-order valence-electron chi connectivity index (χ1n) is 10.6. The lowest BCUT2D eigenvalue weighted by atomic mass is 9.85. The zero-order chi connectivity index (χ0) is 20.3. The van der Waals surface area contributed by atoms with Gasteiger partial charge in [0, 0.05) is 38.3 Å². The Bertz CT molecular complexity index is 622. The van der Waals surface area contributed by atoms with Gasteiger partial charge in [0.15, 0.2) is 5.96 Å². The van der Waals surface area contributed by atoms with Gasteiger partial charge in [-0.05, 0) is 52.4 Å². The van der Waals surface area contributed by atoms with E-state index in [1.165, 1.54) is 4.90 Å². The molecule has 2 fully saturated rings. The fourth-order valence-corrected chi connectivity index (χ4v) is 4.56. The Hall–Kier alpha value is -1.89. The molecule has 1 aliphatic heterocycles. The zero-order valence-electron chi connectivity index (χ0n) is 17.6. The van der Waals surface area contributed by atoms with Gasteiger partial charge in [0.05, 0.1) is 11.8 Å². The molecule has 4 atom stereocenters. The van der Waals surface area contributed by atoms with Gasteiger partial charge in [0.25, 0.3) is 0 Å². The average molecular weight is 390 g/mol. The van der Waals surface area contributed by atoms with Gasteiger partial charge >= 0.3 is 0 Å². The smallest absolute Gasteiger partial charge is 0.233 e. The standard InChI is InChI=1S/C21H35N5O2/c1-5-22-20(24-10-11-25-21(2,3)4)23-9-6-12-26-18(27)16-14-7-8-15(13-14)17(16)19(26)28/h7-8,14-17,25H,5-6,9-13H2,1-4H3,(H2,22,23,24). The summed E-state index contributed by atoms with van der Waals surface area (Å²) in [6, 6.07) is 0. The van der Waals surface area contributed by atoms with Gasteiger partial charge in [-0.1, -0.05) is 12.2 Å². The van der Waals surface area contributed by atoms with Crippen molar-refractivity contribution in [3.05, 3.63) is 12.2 Å². The van der Waals surface area contributed by atoms with Gasteiger partial charge in [0.2, 0.25) is 11.8 Å². The third-order valence-electron chi connectivity index (χ3n) is 5.79. The van der Waals surface area contributed by atoms with E-state index in [9.17, 15) is 9.59 Å². The minimum atomic E-state index is -0.0969. The largest absolute Gasteiger partial charge is 0.357 e. The van der Waals surface area contributed by atoms with Crippen LogP contribution in [0, 0.1) is 23.7 Å². The summed E-state index contributed by atoms with van der Waals surface area (Å²) in [6.45, 7) is 11.9. The fraction of sp³-hybridized carbons (Fsp3) is 0.762. The van der Waals surface area contributed by atoms with Crippen LogP contribution in [0.25, 0.3) is 0 Å². The second kappa shape index (κ2) is 8.64. The van der Waals surface area contributed by atoms with Crippen molar-refractivity contribution < 1.29 is 9.59 Å². The van der Waals surface area contributed by atoms with E-state index >= 15 is 0 Å². The molecule has 2 bridgehead atoms. The van der Waals surface area contributed by atoms with Crippen LogP contribution in [-0.2, 0) is 9.59 Å². The number of likely N-dealkylation sites (tertiary alicyclic amines) is 1. The average Bonchev–Trinajstić information content (AvgIpc) is 3.30. The summed E-state index contributed by atoms with van der Waals surface area (Å²) in [5, 5.41) is 9.98. The number of allylic oxidation sites excluding steroid dienone is 2. The number of nitrogens with one attached hydrogen (secondary N) is 3. The predicted molar refractivity (Wildman–Crippen MR) is 111 cm³/mol. The first-order valence-corrected chi connectivity index (χ1v) is 10.6. The number of carbonyl (C=O) groups excluding carboxylic acids is 2. The number of fused-ring (bicyclic) bond motifs is 5. The second-order valence-corrected chi connectivity index (χ2v) is 9.05. The third-order valence-corrected chi connectivity index (χ3v) is 5.79. The Morgan fingerprint density at radius 1 is 1.11 bits per heavy atom. The van der Waals surface area contributed by atoms with Gasteiger partial charge in [-0.25, -0.2) is 0 Å². The van der Waals surface area contributed by atoms with E-state index in [0.29, 0.717) is 19.5 Å². The molecule has 0 aromatic rings. The lowest BCUT2D eigenvalue weighted by Crippen LogP contribution is -2.44. The molecule has 3 N–H and O–H groups in total. The molecule has 4 unspecified atom stereocenters. The number of rotatable bonds is 8. The molecule has 0 aromatic heterocycles. The summed E-state index contributed by atoms with van der Waals surface area (Å²) in [5.41, 5.74) is 0.0965. The number of imide groups is 1. The van der Waals surface area contributed by atoms with Crippen LogP contribution in [0.5, 0.6) is 0 Å². The number of aliphatic imine (C=N–C) groups is 1. The van der Waals surface area contributed by atoms with Gasteiger partial charge < -0.3 is 16.0 Å². The fourth-order valence-electron chi connectivity index (χ4n) is 4.56. The molecular formula is C21H35N5O2. The molecule has 1 saturated carbocycles. The van der Waals surface area contributed by atoms with Crippen LogP contribution in [0.3, 0.4) is 0 Å². The Kier molecular flexibility index (Phi) is 6.43. The van der Waals surface area contributed by atoms with E-state index in [0.717, 1.165) is 32.0 Å². The molecule has 7 nitrogen and oxygen atoms in total. The predicted octanol–water partition coefficient (Wildman–Crippen LogP) is 1.13. The molecule has 0 spiro atoms. The van der Waals surface area contributed by atoms with Crippen LogP contribution in [0.2, 0.25) is 0 Å². The maximum absolute atomic E-state index is 12.7. The van der Waals surface area contributed by atoms with E-state index < -0.39 is 0 Å². The summed E-state index contributed by atoms with van der Waals surface area (Å²) in [6.07, 6.45) is 5.94. The molecule has 2 amide bonds. The lowest BCUT2D eigenvalue weighted by molar-refractivity contribution is -0.140. The monoisotopic (exact) mass is 389 g/mol. The molecular weight excluding hydrogens is 354 g/mol. The number of amides is 2. The highest BCUT2D eigenvalue weighted by molar-refractivity contribution is 6.06. The summed E-state index contributed by atoms with van der Waals surface area (Å²) in [5.74, 6) is 1.21. The molecule has 0 aromatic carbocycles. The van der Waals surface area contributed by atoms with Gasteiger partial charge in [-0.15, -0.1) is 0 Å². The molecule has 3 aliphatic rings. The highest BCUT2D eigenvalue weighted by atomic mass is 16.2. The van der Waals surface area contributed by atoms with Crippen LogP contribution in [-0.4, -0.2) is 60.9 Å². The number of carbonyl (C=O) groups is 2. The van der Waals surface area contributed by atoms with Crippen LogP contribution in [0.4, 0.5) is 0 Å². The SMILES string of the molecule is CCNC(=NCCCN1C(=O)C2C3C=CC(C3)C2C1=O)NCCNC(C)(C)C. The molecule has 2 aliphatic carbocycles. The Balaban J connectivity index is 1.43. The highest BCUT2D eigenvalue weighted by Crippen LogP contribution is 2.52. The van der Waals surface area contributed by atoms with E-state index in [-0.39, 0.29) is 41.0 Å². The van der Waals surface area contributed by atoms with Gasteiger partial charge in [-0.2, -0.15) is 0 Å². The van der Waals surface area contributed by atoms with Crippen LogP contribution < -0.4 is 16.0 Å². The summed E-state index contributed by atoms with van der Waals surface area (Å²) < 4.78 is 0. The van der Waals surface area contributed by atoms with Crippen molar-refractivity contribution in [2.45, 2.75) is 46.1 Å². The zero-order valence-corrected chi connectivity index (χ0v) is 17.6. The van der Waals surface area contributed by atoms with Crippen LogP contribution in [0.15, 0.2) is 17.1 Å². The van der Waals surface area contributed by atoms with Crippen LogP contribution >= 0.6 is 0 Å². The van der Waals surface area contributed by atoms with Crippen molar-refractivity contribution >= 4 is 17.8 Å². The lowest BCUT2D eigenvalue weighted by Gasteiger charge is -2.21.